The summed E-state index contributed by atoms with van der Waals surface area (Å²) >= 11 is 0. The molecular formula is C15H17NO6Si. The molecule has 2 aromatic carbocycles. The van der Waals surface area contributed by atoms with Gasteiger partial charge in [0.1, 0.15) is 12.4 Å². The summed E-state index contributed by atoms with van der Waals surface area (Å²) in [4.78, 5) is 31.8. The maximum absolute atomic E-state index is 11.6. The van der Waals surface area contributed by atoms with Crippen LogP contribution in [0.1, 0.15) is 19.4 Å². The molecule has 0 unspecified atom stereocenters. The van der Waals surface area contributed by atoms with E-state index in [-0.39, 0.29) is 29.5 Å². The first kappa shape index (κ1) is 16.9. The van der Waals surface area contributed by atoms with E-state index in [1.807, 2.05) is 0 Å². The fourth-order valence-electron chi connectivity index (χ4n) is 2.22. The topological polar surface area (TPSA) is 110 Å². The Morgan fingerprint density at radius 1 is 1.39 bits per heavy atom. The van der Waals surface area contributed by atoms with Crippen molar-refractivity contribution in [3.05, 3.63) is 39.9 Å². The number of hydrogen-bond acceptors (Lipinski definition) is 6. The van der Waals surface area contributed by atoms with Crippen molar-refractivity contribution < 1.29 is 24.4 Å². The van der Waals surface area contributed by atoms with E-state index in [9.17, 15) is 24.8 Å². The number of nitro benzene ring substituents is 1. The summed E-state index contributed by atoms with van der Waals surface area (Å²) in [5, 5.41) is 22.6. The number of esters is 1. The number of aromatic hydroxyl groups is 1. The van der Waals surface area contributed by atoms with Crippen LogP contribution >= 0.6 is 0 Å². The molecule has 0 aliphatic carbocycles. The Morgan fingerprint density at radius 3 is 2.65 bits per heavy atom. The number of phenolic OH excluding ortho intramolecular Hbond substituents is 1. The van der Waals surface area contributed by atoms with E-state index in [1.165, 1.54) is 18.2 Å². The number of carbonyl (C=O) groups is 1. The van der Waals surface area contributed by atoms with Gasteiger partial charge in [0.2, 0.25) is 0 Å². The number of nitrogens with zero attached hydrogens (tertiary/aromatic N) is 1. The maximum Gasteiger partial charge on any atom is 0.308 e. The quantitative estimate of drug-likeness (QED) is 0.363. The fraction of sp³-hybridized carbons (Fsp3) is 0.267. The highest BCUT2D eigenvalue weighted by Gasteiger charge is 2.19. The molecule has 8 heteroatoms. The minimum absolute atomic E-state index is 0.0364. The summed E-state index contributed by atoms with van der Waals surface area (Å²) in [7, 11) is -1.68. The summed E-state index contributed by atoms with van der Waals surface area (Å²) < 4.78 is 5.08. The van der Waals surface area contributed by atoms with E-state index in [0.717, 1.165) is 0 Å². The molecule has 0 bridgehead atoms. The average Bonchev–Trinajstić information content (AvgIpc) is 2.51. The Bertz CT molecular complexity index is 774. The molecule has 0 atom stereocenters. The number of hydrogen-bond donors (Lipinski definition) is 2. The minimum Gasteiger partial charge on any atom is -0.508 e. The van der Waals surface area contributed by atoms with Gasteiger partial charge in [0, 0.05) is 11.3 Å². The first-order chi connectivity index (χ1) is 10.8. The van der Waals surface area contributed by atoms with Crippen molar-refractivity contribution >= 4 is 37.4 Å². The van der Waals surface area contributed by atoms with Crippen molar-refractivity contribution in [2.75, 3.05) is 0 Å². The molecule has 0 saturated carbocycles. The zero-order valence-electron chi connectivity index (χ0n) is 12.8. The lowest BCUT2D eigenvalue weighted by atomic mass is 10.0. The van der Waals surface area contributed by atoms with Gasteiger partial charge >= 0.3 is 5.97 Å². The fourth-order valence-corrected chi connectivity index (χ4v) is 2.98. The van der Waals surface area contributed by atoms with Crippen LogP contribution in [0, 0.1) is 16.0 Å². The lowest BCUT2D eigenvalue weighted by Gasteiger charge is -2.11. The van der Waals surface area contributed by atoms with Gasteiger partial charge in [-0.15, -0.1) is 0 Å². The van der Waals surface area contributed by atoms with Crippen LogP contribution in [0.15, 0.2) is 24.3 Å². The predicted molar refractivity (Wildman–Crippen MR) is 87.3 cm³/mol. The van der Waals surface area contributed by atoms with Gasteiger partial charge in [-0.1, -0.05) is 19.9 Å². The zero-order valence-corrected chi connectivity index (χ0v) is 14.2. The van der Waals surface area contributed by atoms with E-state index in [4.69, 9.17) is 4.74 Å². The SMILES string of the molecule is CC(C)C(=O)OCc1cc2c([SiH2]O)c(O)ccc2cc1[N+](=O)[O-]. The highest BCUT2D eigenvalue weighted by atomic mass is 28.2. The molecule has 0 radical (unpaired) electrons. The number of phenols is 1. The minimum atomic E-state index is -1.68. The van der Waals surface area contributed by atoms with Crippen molar-refractivity contribution in [2.24, 2.45) is 5.92 Å². The van der Waals surface area contributed by atoms with Gasteiger partial charge in [-0.2, -0.15) is 0 Å². The second-order valence-corrected chi connectivity index (χ2v) is 6.47. The second-order valence-electron chi connectivity index (χ2n) is 5.44. The Balaban J connectivity index is 2.54. The highest BCUT2D eigenvalue weighted by Crippen LogP contribution is 2.27. The molecule has 0 spiro atoms. The third kappa shape index (κ3) is 3.49. The van der Waals surface area contributed by atoms with Crippen LogP contribution in [-0.4, -0.2) is 30.6 Å². The van der Waals surface area contributed by atoms with E-state index in [0.29, 0.717) is 16.0 Å². The van der Waals surface area contributed by atoms with Crippen LogP contribution in [0.5, 0.6) is 5.75 Å². The third-order valence-corrected chi connectivity index (χ3v) is 4.56. The van der Waals surface area contributed by atoms with Gasteiger partial charge in [-0.05, 0) is 22.9 Å². The second kappa shape index (κ2) is 6.76. The van der Waals surface area contributed by atoms with Crippen molar-refractivity contribution in [1.82, 2.24) is 0 Å². The van der Waals surface area contributed by atoms with Gasteiger partial charge in [0.25, 0.3) is 5.69 Å². The van der Waals surface area contributed by atoms with Gasteiger partial charge < -0.3 is 14.6 Å². The molecule has 0 saturated heterocycles. The first-order valence-corrected chi connectivity index (χ1v) is 8.38. The molecule has 0 aliphatic rings. The Kier molecular flexibility index (Phi) is 4.97. The Hall–Kier alpha value is -2.45. The van der Waals surface area contributed by atoms with E-state index in [1.54, 1.807) is 19.9 Å². The number of ether oxygens (including phenoxy) is 1. The Morgan fingerprint density at radius 2 is 2.09 bits per heavy atom. The van der Waals surface area contributed by atoms with Crippen molar-refractivity contribution in [3.8, 4) is 5.75 Å². The van der Waals surface area contributed by atoms with Crippen LogP contribution in [-0.2, 0) is 16.1 Å². The van der Waals surface area contributed by atoms with Crippen molar-refractivity contribution in [2.45, 2.75) is 20.5 Å². The molecule has 2 rings (SSSR count). The van der Waals surface area contributed by atoms with E-state index < -0.39 is 20.7 Å². The predicted octanol–water partition coefficient (Wildman–Crippen LogP) is 0.854. The Labute approximate surface area is 134 Å². The van der Waals surface area contributed by atoms with Crippen molar-refractivity contribution in [3.63, 3.8) is 0 Å². The number of rotatable bonds is 5. The van der Waals surface area contributed by atoms with Crippen molar-refractivity contribution in [1.29, 1.82) is 0 Å². The van der Waals surface area contributed by atoms with E-state index in [2.05, 4.69) is 0 Å². The molecule has 0 heterocycles. The molecule has 122 valence electrons. The van der Waals surface area contributed by atoms with Crippen LogP contribution < -0.4 is 5.19 Å². The third-order valence-electron chi connectivity index (χ3n) is 3.50. The smallest absolute Gasteiger partial charge is 0.308 e. The normalized spacial score (nSPS) is 11.5. The molecule has 2 aromatic rings. The molecule has 0 aliphatic heterocycles. The molecule has 0 amide bonds. The monoisotopic (exact) mass is 335 g/mol. The maximum atomic E-state index is 11.6. The van der Waals surface area contributed by atoms with Crippen LogP contribution in [0.2, 0.25) is 0 Å². The molecule has 23 heavy (non-hydrogen) atoms. The van der Waals surface area contributed by atoms with Crippen LogP contribution in [0.4, 0.5) is 5.69 Å². The highest BCUT2D eigenvalue weighted by molar-refractivity contribution is 6.51. The lowest BCUT2D eigenvalue weighted by Crippen LogP contribution is -2.16. The summed E-state index contributed by atoms with van der Waals surface area (Å²) in [5.41, 5.74) is 0.0658. The number of nitro groups is 1. The summed E-state index contributed by atoms with van der Waals surface area (Å²) in [6.07, 6.45) is 0. The molecule has 0 aromatic heterocycles. The van der Waals surface area contributed by atoms with Crippen LogP contribution in [0.25, 0.3) is 10.8 Å². The molecule has 2 N–H and O–H groups in total. The molecular weight excluding hydrogens is 318 g/mol. The van der Waals surface area contributed by atoms with E-state index >= 15 is 0 Å². The zero-order chi connectivity index (χ0) is 17.1. The first-order valence-electron chi connectivity index (χ1n) is 7.04. The number of carbonyl (C=O) groups excluding carboxylic acids is 1. The number of benzene rings is 2. The number of fused-ring (bicyclic) bond motifs is 1. The average molecular weight is 335 g/mol. The lowest BCUT2D eigenvalue weighted by molar-refractivity contribution is -0.385. The summed E-state index contributed by atoms with van der Waals surface area (Å²) in [5.74, 6) is -0.823. The van der Waals surface area contributed by atoms with Gasteiger partial charge in [0.05, 0.1) is 16.4 Å². The standard InChI is InChI=1S/C15H17NO6Si/c1-8(2)15(18)22-7-10-5-11-9(6-12(10)16(19)20)3-4-13(17)14(11)23-21/h3-6,8,17,21H,7,23H2,1-2H3. The summed E-state index contributed by atoms with van der Waals surface area (Å²) in [6.45, 7) is 3.11. The van der Waals surface area contributed by atoms with Gasteiger partial charge in [-0.25, -0.2) is 0 Å². The molecule has 7 nitrogen and oxygen atoms in total. The molecule has 0 fully saturated rings. The van der Waals surface area contributed by atoms with Gasteiger partial charge in [-0.3, -0.25) is 14.9 Å². The largest absolute Gasteiger partial charge is 0.508 e. The summed E-state index contributed by atoms with van der Waals surface area (Å²) in [6, 6.07) is 5.82. The van der Waals surface area contributed by atoms with Crippen LogP contribution in [0.3, 0.4) is 0 Å². The van der Waals surface area contributed by atoms with Gasteiger partial charge in [0.15, 0.2) is 9.76 Å².